The van der Waals surface area contributed by atoms with Crippen LogP contribution >= 0.6 is 0 Å². The smallest absolute Gasteiger partial charge is 0.408 e. The third-order valence-corrected chi connectivity index (χ3v) is 5.46. The first-order valence-electron chi connectivity index (χ1n) is 11.5. The van der Waals surface area contributed by atoms with Crippen LogP contribution in [-0.2, 0) is 32.5 Å². The number of carbonyl (C=O) groups is 3. The summed E-state index contributed by atoms with van der Waals surface area (Å²) in [4.78, 5) is 38.3. The normalized spacial score (nSPS) is 14.3. The van der Waals surface area contributed by atoms with E-state index in [1.165, 1.54) is 0 Å². The predicted octanol–water partition coefficient (Wildman–Crippen LogP) is 3.71. The Kier molecular flexibility index (Phi) is 8.91. The number of amides is 2. The molecule has 0 saturated heterocycles. The lowest BCUT2D eigenvalue weighted by atomic mass is 9.97. The zero-order valence-electron chi connectivity index (χ0n) is 20.7. The van der Waals surface area contributed by atoms with E-state index in [-0.39, 0.29) is 18.9 Å². The van der Waals surface area contributed by atoms with Gasteiger partial charge in [0.2, 0.25) is 5.91 Å². The van der Waals surface area contributed by atoms with E-state index < -0.39 is 35.7 Å². The van der Waals surface area contributed by atoms with Gasteiger partial charge in [-0.25, -0.2) is 9.59 Å². The van der Waals surface area contributed by atoms with Crippen LogP contribution in [0.1, 0.15) is 53.5 Å². The fraction of sp³-hybridized carbons (Fsp3) is 0.560. The van der Waals surface area contributed by atoms with Crippen molar-refractivity contribution in [3.05, 3.63) is 36.0 Å². The molecule has 0 aliphatic rings. The number of esters is 1. The number of hydrogen-bond donors (Lipinski definition) is 2. The molecule has 1 aromatic heterocycles. The number of para-hydroxylation sites is 1. The predicted molar refractivity (Wildman–Crippen MR) is 128 cm³/mol. The lowest BCUT2D eigenvalue weighted by Crippen LogP contribution is -2.55. The molecule has 0 aliphatic carbocycles. The standard InChI is InChI=1S/C25H37N3O5/c1-8-16(3)21(27-24(31)33-25(4,5)6)22(29)26-19(23(30)32-9-2)14-17-15-28(7)20-13-11-10-12-18(17)20/h10-13,15-16,19,21H,8-9,14H2,1-7H3,(H,26,29)(H,27,31)/t16-,19?,21?/m0/s1. The number of carbonyl (C=O) groups excluding carboxylic acids is 3. The van der Waals surface area contributed by atoms with Crippen molar-refractivity contribution in [1.29, 1.82) is 0 Å². The van der Waals surface area contributed by atoms with E-state index in [2.05, 4.69) is 10.6 Å². The molecule has 8 heteroatoms. The zero-order valence-corrected chi connectivity index (χ0v) is 20.7. The van der Waals surface area contributed by atoms with Gasteiger partial charge < -0.3 is 24.7 Å². The van der Waals surface area contributed by atoms with Gasteiger partial charge in [0.1, 0.15) is 17.7 Å². The van der Waals surface area contributed by atoms with Crippen LogP contribution in [0.4, 0.5) is 4.79 Å². The molecule has 0 saturated carbocycles. The van der Waals surface area contributed by atoms with Crippen molar-refractivity contribution in [2.45, 2.75) is 72.1 Å². The van der Waals surface area contributed by atoms with Crippen LogP contribution < -0.4 is 10.6 Å². The van der Waals surface area contributed by atoms with Gasteiger partial charge in [-0.15, -0.1) is 0 Å². The molecular formula is C25H37N3O5. The highest BCUT2D eigenvalue weighted by Crippen LogP contribution is 2.22. The monoisotopic (exact) mass is 459 g/mol. The second-order valence-corrected chi connectivity index (χ2v) is 9.31. The highest BCUT2D eigenvalue weighted by molar-refractivity contribution is 5.91. The summed E-state index contributed by atoms with van der Waals surface area (Å²) in [6, 6.07) is 6.13. The highest BCUT2D eigenvalue weighted by Gasteiger charge is 2.32. The van der Waals surface area contributed by atoms with E-state index in [9.17, 15) is 14.4 Å². The van der Waals surface area contributed by atoms with Crippen molar-refractivity contribution in [2.75, 3.05) is 6.61 Å². The Hall–Kier alpha value is -3.03. The van der Waals surface area contributed by atoms with Crippen LogP contribution in [0.5, 0.6) is 0 Å². The van der Waals surface area contributed by atoms with Crippen LogP contribution in [-0.4, -0.2) is 46.8 Å². The second kappa shape index (κ2) is 11.2. The third-order valence-electron chi connectivity index (χ3n) is 5.46. The third kappa shape index (κ3) is 7.23. The molecule has 3 atom stereocenters. The number of ether oxygens (including phenoxy) is 2. The maximum absolute atomic E-state index is 13.2. The summed E-state index contributed by atoms with van der Waals surface area (Å²) < 4.78 is 12.6. The first-order chi connectivity index (χ1) is 15.5. The second-order valence-electron chi connectivity index (χ2n) is 9.31. The molecule has 33 heavy (non-hydrogen) atoms. The van der Waals surface area contributed by atoms with E-state index >= 15 is 0 Å². The van der Waals surface area contributed by atoms with E-state index in [0.29, 0.717) is 6.42 Å². The fourth-order valence-electron chi connectivity index (χ4n) is 3.64. The SMILES string of the molecule is CCOC(=O)C(Cc1cn(C)c2ccccc12)NC(=O)C(NC(=O)OC(C)(C)C)[C@@H](C)CC. The summed E-state index contributed by atoms with van der Waals surface area (Å²) in [7, 11) is 1.94. The largest absolute Gasteiger partial charge is 0.464 e. The Morgan fingerprint density at radius 3 is 2.36 bits per heavy atom. The van der Waals surface area contributed by atoms with Crippen molar-refractivity contribution >= 4 is 28.9 Å². The number of rotatable bonds is 9. The molecule has 0 spiro atoms. The molecule has 0 radical (unpaired) electrons. The minimum Gasteiger partial charge on any atom is -0.464 e. The van der Waals surface area contributed by atoms with Gasteiger partial charge in [-0.05, 0) is 45.2 Å². The molecule has 1 heterocycles. The highest BCUT2D eigenvalue weighted by atomic mass is 16.6. The van der Waals surface area contributed by atoms with Gasteiger partial charge in [-0.3, -0.25) is 4.79 Å². The summed E-state index contributed by atoms with van der Waals surface area (Å²) in [6.07, 6.45) is 2.20. The van der Waals surface area contributed by atoms with Crippen molar-refractivity contribution < 1.29 is 23.9 Å². The number of aromatic nitrogens is 1. The minimum atomic E-state index is -0.893. The minimum absolute atomic E-state index is 0.169. The van der Waals surface area contributed by atoms with Crippen LogP contribution in [0.3, 0.4) is 0 Å². The topological polar surface area (TPSA) is 98.7 Å². The quantitative estimate of drug-likeness (QED) is 0.557. The molecule has 2 amide bonds. The van der Waals surface area contributed by atoms with Crippen molar-refractivity contribution in [2.24, 2.45) is 13.0 Å². The zero-order chi connectivity index (χ0) is 24.8. The Morgan fingerprint density at radius 2 is 1.76 bits per heavy atom. The van der Waals surface area contributed by atoms with Gasteiger partial charge in [-0.1, -0.05) is 38.5 Å². The average molecular weight is 460 g/mol. The Balaban J connectivity index is 2.26. The number of aryl methyl sites for hydroxylation is 1. The Morgan fingerprint density at radius 1 is 1.09 bits per heavy atom. The van der Waals surface area contributed by atoms with Gasteiger partial charge in [0.25, 0.3) is 0 Å². The molecule has 2 unspecified atom stereocenters. The lowest BCUT2D eigenvalue weighted by Gasteiger charge is -2.27. The van der Waals surface area contributed by atoms with Gasteiger partial charge in [0.05, 0.1) is 6.61 Å². The van der Waals surface area contributed by atoms with Gasteiger partial charge in [0, 0.05) is 30.6 Å². The number of nitrogens with one attached hydrogen (secondary N) is 2. The molecule has 0 fully saturated rings. The molecule has 2 rings (SSSR count). The number of alkyl carbamates (subject to hydrolysis) is 1. The van der Waals surface area contributed by atoms with Crippen LogP contribution in [0.2, 0.25) is 0 Å². The average Bonchev–Trinajstić information content (AvgIpc) is 3.05. The lowest BCUT2D eigenvalue weighted by molar-refractivity contribution is -0.147. The van der Waals surface area contributed by atoms with Crippen LogP contribution in [0, 0.1) is 5.92 Å². The maximum Gasteiger partial charge on any atom is 0.408 e. The van der Waals surface area contributed by atoms with Crippen LogP contribution in [0.25, 0.3) is 10.9 Å². The van der Waals surface area contributed by atoms with Crippen molar-refractivity contribution in [3.8, 4) is 0 Å². The molecule has 0 aliphatic heterocycles. The number of fused-ring (bicyclic) bond motifs is 1. The maximum atomic E-state index is 13.2. The first kappa shape index (κ1) is 26.2. The molecule has 182 valence electrons. The number of benzene rings is 1. The molecular weight excluding hydrogens is 422 g/mol. The van der Waals surface area contributed by atoms with Gasteiger partial charge in [-0.2, -0.15) is 0 Å². The first-order valence-corrected chi connectivity index (χ1v) is 11.5. The molecule has 0 bridgehead atoms. The Labute approximate surface area is 196 Å². The number of nitrogens with zero attached hydrogens (tertiary/aromatic N) is 1. The molecule has 1 aromatic carbocycles. The van der Waals surface area contributed by atoms with E-state index in [0.717, 1.165) is 16.5 Å². The fourth-order valence-corrected chi connectivity index (χ4v) is 3.64. The Bertz CT molecular complexity index is 976. The molecule has 8 nitrogen and oxygen atoms in total. The van der Waals surface area contributed by atoms with E-state index in [4.69, 9.17) is 9.47 Å². The summed E-state index contributed by atoms with van der Waals surface area (Å²) in [5.41, 5.74) is 1.26. The van der Waals surface area contributed by atoms with Crippen LogP contribution in [0.15, 0.2) is 30.5 Å². The van der Waals surface area contributed by atoms with Crippen molar-refractivity contribution in [1.82, 2.24) is 15.2 Å². The van der Waals surface area contributed by atoms with E-state index in [1.807, 2.05) is 55.9 Å². The summed E-state index contributed by atoms with van der Waals surface area (Å²) in [5.74, 6) is -1.13. The van der Waals surface area contributed by atoms with Crippen molar-refractivity contribution in [3.63, 3.8) is 0 Å². The van der Waals surface area contributed by atoms with Gasteiger partial charge >= 0.3 is 12.1 Å². The summed E-state index contributed by atoms with van der Waals surface area (Å²) >= 11 is 0. The van der Waals surface area contributed by atoms with E-state index in [1.54, 1.807) is 27.7 Å². The summed E-state index contributed by atoms with van der Waals surface area (Å²) in [5, 5.41) is 6.49. The molecule has 2 aromatic rings. The summed E-state index contributed by atoms with van der Waals surface area (Å²) in [6.45, 7) is 11.0. The number of hydrogen-bond acceptors (Lipinski definition) is 5. The van der Waals surface area contributed by atoms with Gasteiger partial charge in [0.15, 0.2) is 0 Å². The molecule has 2 N–H and O–H groups in total.